The molecule has 2 aliphatic heterocycles. The van der Waals surface area contributed by atoms with Gasteiger partial charge in [0.2, 0.25) is 0 Å². The maximum Gasteiger partial charge on any atom is 0.267 e. The quantitative estimate of drug-likeness (QED) is 0.348. The van der Waals surface area contributed by atoms with Gasteiger partial charge in [0.25, 0.3) is 11.5 Å². The Morgan fingerprint density at radius 3 is 2.79 bits per heavy atom. The Hall–Kier alpha value is -2.24. The van der Waals surface area contributed by atoms with E-state index in [1.165, 1.54) is 15.4 Å². The molecule has 4 heterocycles. The number of pyridine rings is 1. The Bertz CT molecular complexity index is 1320. The highest BCUT2D eigenvalue weighted by atomic mass is 32.2. The van der Waals surface area contributed by atoms with E-state index in [1.54, 1.807) is 12.3 Å². The lowest BCUT2D eigenvalue weighted by Gasteiger charge is -2.20. The second kappa shape index (κ2) is 9.55. The first-order chi connectivity index (χ1) is 15.7. The van der Waals surface area contributed by atoms with Gasteiger partial charge >= 0.3 is 0 Å². The van der Waals surface area contributed by atoms with Gasteiger partial charge in [-0.2, -0.15) is 0 Å². The second-order valence-corrected chi connectivity index (χ2v) is 12.3. The minimum Gasteiger partial charge on any atom is -0.369 e. The highest BCUT2D eigenvalue weighted by Crippen LogP contribution is 2.36. The maximum atomic E-state index is 13.4. The first-order valence-electron chi connectivity index (χ1n) is 10.9. The highest BCUT2D eigenvalue weighted by molar-refractivity contribution is 8.26. The number of nitrogens with zero attached hydrogens (tertiary/aromatic N) is 3. The van der Waals surface area contributed by atoms with Crippen LogP contribution >= 0.6 is 24.0 Å². The number of aromatic nitrogens is 2. The van der Waals surface area contributed by atoms with E-state index < -0.39 is 15.9 Å². The van der Waals surface area contributed by atoms with Crippen molar-refractivity contribution in [1.29, 1.82) is 0 Å². The molecule has 2 aromatic rings. The summed E-state index contributed by atoms with van der Waals surface area (Å²) in [5.74, 6) is 0.0251. The van der Waals surface area contributed by atoms with Crippen LogP contribution in [0.4, 0.5) is 5.82 Å². The third-order valence-corrected chi connectivity index (χ3v) is 8.83. The number of hydrogen-bond donors (Lipinski definition) is 1. The zero-order chi connectivity index (χ0) is 23.8. The molecule has 1 unspecified atom stereocenters. The summed E-state index contributed by atoms with van der Waals surface area (Å²) in [6.07, 6.45) is 6.68. The minimum atomic E-state index is -3.17. The summed E-state index contributed by atoms with van der Waals surface area (Å²) < 4.78 is 25.6. The molecule has 11 heteroatoms. The lowest BCUT2D eigenvalue weighted by molar-refractivity contribution is -0.123. The van der Waals surface area contributed by atoms with E-state index in [9.17, 15) is 18.0 Å². The largest absolute Gasteiger partial charge is 0.369 e. The van der Waals surface area contributed by atoms with Crippen molar-refractivity contribution < 1.29 is 13.2 Å². The third-order valence-electron chi connectivity index (χ3n) is 5.75. The molecule has 1 atom stereocenters. The van der Waals surface area contributed by atoms with Crippen molar-refractivity contribution in [3.8, 4) is 0 Å². The van der Waals surface area contributed by atoms with Crippen molar-refractivity contribution in [2.75, 3.05) is 23.4 Å². The number of unbranched alkanes of at least 4 members (excludes halogenated alkanes) is 2. The Kier molecular flexibility index (Phi) is 6.92. The van der Waals surface area contributed by atoms with E-state index in [2.05, 4.69) is 17.2 Å². The molecule has 33 heavy (non-hydrogen) atoms. The molecule has 1 N–H and O–H groups in total. The number of fused-ring (bicyclic) bond motifs is 1. The number of thioether (sulfide) groups is 1. The number of rotatable bonds is 7. The summed E-state index contributed by atoms with van der Waals surface area (Å²) in [6, 6.07) is 3.22. The van der Waals surface area contributed by atoms with Crippen LogP contribution in [0.1, 0.15) is 43.7 Å². The summed E-state index contributed by atoms with van der Waals surface area (Å²) in [5, 5.41) is 3.26. The molecule has 0 bridgehead atoms. The maximum absolute atomic E-state index is 13.4. The number of nitrogens with one attached hydrogen (secondary N) is 1. The fourth-order valence-electron chi connectivity index (χ4n) is 4.01. The Morgan fingerprint density at radius 2 is 2.09 bits per heavy atom. The van der Waals surface area contributed by atoms with Crippen LogP contribution in [0.5, 0.6) is 0 Å². The lowest BCUT2D eigenvalue weighted by Crippen LogP contribution is -2.39. The van der Waals surface area contributed by atoms with Crippen LogP contribution in [0, 0.1) is 6.92 Å². The molecule has 0 aliphatic carbocycles. The fraction of sp³-hybridized carbons (Fsp3) is 0.455. The fourth-order valence-corrected chi connectivity index (χ4v) is 7.09. The summed E-state index contributed by atoms with van der Waals surface area (Å²) >= 11 is 6.49. The molecule has 1 amide bonds. The van der Waals surface area contributed by atoms with E-state index in [0.29, 0.717) is 33.7 Å². The number of hydrogen-bond acceptors (Lipinski definition) is 8. The average molecular weight is 507 g/mol. The van der Waals surface area contributed by atoms with Crippen molar-refractivity contribution in [2.45, 2.75) is 45.6 Å². The van der Waals surface area contributed by atoms with Gasteiger partial charge in [-0.3, -0.25) is 18.9 Å². The number of carbonyl (C=O) groups is 1. The lowest BCUT2D eigenvalue weighted by atomic mass is 10.2. The van der Waals surface area contributed by atoms with Gasteiger partial charge in [0.05, 0.1) is 28.0 Å². The number of sulfone groups is 1. The number of carbonyl (C=O) groups excluding carboxylic acids is 1. The Labute approximate surface area is 202 Å². The van der Waals surface area contributed by atoms with Gasteiger partial charge in [-0.25, -0.2) is 13.4 Å². The van der Waals surface area contributed by atoms with Crippen LogP contribution in [0.25, 0.3) is 11.7 Å². The summed E-state index contributed by atoms with van der Waals surface area (Å²) in [7, 11) is -3.17. The van der Waals surface area contributed by atoms with E-state index in [0.717, 1.165) is 36.6 Å². The second-order valence-electron chi connectivity index (χ2n) is 8.36. The molecule has 0 aromatic carbocycles. The summed E-state index contributed by atoms with van der Waals surface area (Å²) in [6.45, 7) is 4.67. The molecule has 0 radical (unpaired) electrons. The summed E-state index contributed by atoms with van der Waals surface area (Å²) in [5.41, 5.74) is 1.43. The number of thiocarbonyl (C=S) groups is 1. The van der Waals surface area contributed by atoms with Gasteiger partial charge in [0, 0.05) is 12.7 Å². The van der Waals surface area contributed by atoms with E-state index >= 15 is 0 Å². The van der Waals surface area contributed by atoms with E-state index in [1.807, 2.05) is 13.0 Å². The molecule has 8 nitrogen and oxygen atoms in total. The number of amides is 1. The standard InChI is InChI=1S/C22H26N4O4S3/c1-3-4-5-9-23-19-16(20(27)25-12-14(2)6-7-18(25)24-19)11-17-21(28)26(22(31)32-17)15-8-10-33(29,30)13-15/h6-7,11-12,15,23H,3-5,8-10,13H2,1-2H3. The van der Waals surface area contributed by atoms with Crippen LogP contribution in [0.15, 0.2) is 28.0 Å². The molecule has 4 rings (SSSR count). The van der Waals surface area contributed by atoms with Crippen molar-refractivity contribution in [2.24, 2.45) is 0 Å². The van der Waals surface area contributed by atoms with Crippen molar-refractivity contribution in [3.63, 3.8) is 0 Å². The molecule has 2 aromatic heterocycles. The van der Waals surface area contributed by atoms with Crippen LogP contribution in [0.2, 0.25) is 0 Å². The van der Waals surface area contributed by atoms with Gasteiger partial charge in [-0.1, -0.05) is 49.8 Å². The Balaban J connectivity index is 1.73. The molecule has 2 saturated heterocycles. The van der Waals surface area contributed by atoms with E-state index in [-0.39, 0.29) is 28.5 Å². The predicted octanol–water partition coefficient (Wildman–Crippen LogP) is 2.99. The Morgan fingerprint density at radius 1 is 1.30 bits per heavy atom. The van der Waals surface area contributed by atoms with Gasteiger partial charge in [0.1, 0.15) is 15.8 Å². The minimum absolute atomic E-state index is 0.0505. The van der Waals surface area contributed by atoms with Crippen molar-refractivity contribution in [3.05, 3.63) is 44.7 Å². The predicted molar refractivity (Wildman–Crippen MR) is 136 cm³/mol. The summed E-state index contributed by atoms with van der Waals surface area (Å²) in [4.78, 5) is 32.9. The molecular formula is C22H26N4O4S3. The molecular weight excluding hydrogens is 480 g/mol. The topological polar surface area (TPSA) is 101 Å². The van der Waals surface area contributed by atoms with E-state index in [4.69, 9.17) is 12.2 Å². The molecule has 2 aliphatic rings. The van der Waals surface area contributed by atoms with Crippen LogP contribution < -0.4 is 10.9 Å². The monoisotopic (exact) mass is 506 g/mol. The van der Waals surface area contributed by atoms with Gasteiger partial charge in [-0.15, -0.1) is 0 Å². The molecule has 0 saturated carbocycles. The van der Waals surface area contributed by atoms with Crippen molar-refractivity contribution in [1.82, 2.24) is 14.3 Å². The normalized spacial score (nSPS) is 21.5. The SMILES string of the molecule is CCCCCNc1nc2ccc(C)cn2c(=O)c1C=C1SC(=S)N(C2CCS(=O)(=O)C2)C1=O. The smallest absolute Gasteiger partial charge is 0.267 e. The zero-order valence-electron chi connectivity index (χ0n) is 18.5. The van der Waals surface area contributed by atoms with Crippen LogP contribution in [-0.2, 0) is 14.6 Å². The first kappa shape index (κ1) is 23.9. The molecule has 2 fully saturated rings. The molecule has 176 valence electrons. The van der Waals surface area contributed by atoms with Crippen LogP contribution in [-0.4, -0.2) is 57.0 Å². The van der Waals surface area contributed by atoms with Gasteiger partial charge < -0.3 is 5.32 Å². The first-order valence-corrected chi connectivity index (χ1v) is 14.0. The number of aryl methyl sites for hydroxylation is 1. The molecule has 0 spiro atoms. The number of anilines is 1. The highest BCUT2D eigenvalue weighted by Gasteiger charge is 2.42. The van der Waals surface area contributed by atoms with Gasteiger partial charge in [0.15, 0.2) is 9.84 Å². The zero-order valence-corrected chi connectivity index (χ0v) is 21.0. The third kappa shape index (κ3) is 4.99. The van der Waals surface area contributed by atoms with Crippen LogP contribution in [0.3, 0.4) is 0 Å². The average Bonchev–Trinajstić information content (AvgIpc) is 3.25. The van der Waals surface area contributed by atoms with Gasteiger partial charge in [-0.05, 0) is 37.5 Å². The van der Waals surface area contributed by atoms with Crippen molar-refractivity contribution >= 4 is 61.6 Å².